The number of hydrogen-bond donors (Lipinski definition) is 1. The van der Waals surface area contributed by atoms with Crippen molar-refractivity contribution in [3.8, 4) is 5.75 Å². The summed E-state index contributed by atoms with van der Waals surface area (Å²) in [4.78, 5) is 26.9. The van der Waals surface area contributed by atoms with Gasteiger partial charge in [-0.3, -0.25) is 0 Å². The van der Waals surface area contributed by atoms with Crippen molar-refractivity contribution in [3.05, 3.63) is 65.2 Å². The zero-order chi connectivity index (χ0) is 24.9. The molecule has 10 heteroatoms. The lowest BCUT2D eigenvalue weighted by atomic mass is 10.1. The lowest BCUT2D eigenvalue weighted by Crippen LogP contribution is -2.31. The van der Waals surface area contributed by atoms with Gasteiger partial charge in [0.05, 0.1) is 18.2 Å². The van der Waals surface area contributed by atoms with E-state index >= 15 is 0 Å². The summed E-state index contributed by atoms with van der Waals surface area (Å²) in [6, 6.07) is 11.6. The number of aliphatic carboxylic acids is 1. The van der Waals surface area contributed by atoms with Crippen LogP contribution in [0.4, 0.5) is 18.0 Å². The van der Waals surface area contributed by atoms with Crippen molar-refractivity contribution < 1.29 is 37.3 Å². The van der Waals surface area contributed by atoms with Crippen molar-refractivity contribution >= 4 is 12.0 Å². The first-order chi connectivity index (χ1) is 16.1. The second kappa shape index (κ2) is 10.8. The third-order valence-corrected chi connectivity index (χ3v) is 5.83. The molecule has 0 radical (unpaired) electrons. The van der Waals surface area contributed by atoms with Crippen LogP contribution in [0.3, 0.4) is 0 Å². The molecular formula is C24H27F3N2O5. The highest BCUT2D eigenvalue weighted by atomic mass is 19.4. The zero-order valence-corrected chi connectivity index (χ0v) is 18.9. The molecule has 7 nitrogen and oxygen atoms in total. The number of carbonyl (C=O) groups is 2. The molecule has 1 aliphatic heterocycles. The average molecular weight is 480 g/mol. The lowest BCUT2D eigenvalue weighted by Gasteiger charge is -2.18. The molecule has 2 atom stereocenters. The fourth-order valence-electron chi connectivity index (χ4n) is 3.79. The van der Waals surface area contributed by atoms with Crippen LogP contribution in [-0.4, -0.2) is 66.4 Å². The van der Waals surface area contributed by atoms with Crippen LogP contribution < -0.4 is 4.74 Å². The molecule has 0 aromatic heterocycles. The van der Waals surface area contributed by atoms with Gasteiger partial charge in [-0.05, 0) is 35.4 Å². The third kappa shape index (κ3) is 6.40. The number of nitrogens with zero attached hydrogens (tertiary/aromatic N) is 2. The summed E-state index contributed by atoms with van der Waals surface area (Å²) in [5.41, 5.74) is 0.719. The minimum Gasteiger partial charge on any atom is -0.494 e. The zero-order valence-electron chi connectivity index (χ0n) is 18.9. The average Bonchev–Trinajstić information content (AvgIpc) is 3.06. The standard InChI is InChI=1S/C24H27F3N2O5/c1-28-19(11-12-34-20-9-5-16(6-10-20)13-21(33-2)22(30)31)15-29(23(28)32)14-17-3-7-18(8-4-17)24(25,26)27/h3-10,19,21H,11-15H2,1-2H3,(H,30,31). The van der Waals surface area contributed by atoms with Crippen LogP contribution in [0.25, 0.3) is 0 Å². The molecule has 1 fully saturated rings. The predicted molar refractivity (Wildman–Crippen MR) is 117 cm³/mol. The number of ether oxygens (including phenoxy) is 2. The van der Waals surface area contributed by atoms with Gasteiger partial charge in [-0.25, -0.2) is 9.59 Å². The highest BCUT2D eigenvalue weighted by molar-refractivity contribution is 5.77. The molecule has 2 aromatic carbocycles. The number of likely N-dealkylation sites (N-methyl/N-ethyl adjacent to an activating group) is 1. The fraction of sp³-hybridized carbons (Fsp3) is 0.417. The van der Waals surface area contributed by atoms with E-state index < -0.39 is 23.8 Å². The van der Waals surface area contributed by atoms with E-state index in [9.17, 15) is 22.8 Å². The molecule has 1 heterocycles. The molecule has 0 aliphatic carbocycles. The van der Waals surface area contributed by atoms with Crippen LogP contribution in [0.5, 0.6) is 5.75 Å². The number of methoxy groups -OCH3 is 1. The number of benzene rings is 2. The summed E-state index contributed by atoms with van der Waals surface area (Å²) in [7, 11) is 3.05. The molecule has 1 saturated heterocycles. The molecule has 0 saturated carbocycles. The first-order valence-electron chi connectivity index (χ1n) is 10.7. The molecule has 2 amide bonds. The van der Waals surface area contributed by atoms with Crippen LogP contribution in [-0.2, 0) is 28.7 Å². The van der Waals surface area contributed by atoms with Crippen LogP contribution >= 0.6 is 0 Å². The van der Waals surface area contributed by atoms with E-state index in [1.165, 1.54) is 19.2 Å². The first kappa shape index (κ1) is 25.4. The Kier molecular flexibility index (Phi) is 8.03. The van der Waals surface area contributed by atoms with Gasteiger partial charge in [-0.1, -0.05) is 24.3 Å². The van der Waals surface area contributed by atoms with Crippen molar-refractivity contribution in [3.63, 3.8) is 0 Å². The van der Waals surface area contributed by atoms with E-state index in [2.05, 4.69) is 0 Å². The highest BCUT2D eigenvalue weighted by Crippen LogP contribution is 2.29. The van der Waals surface area contributed by atoms with Gasteiger partial charge in [0.1, 0.15) is 5.75 Å². The number of amides is 2. The summed E-state index contributed by atoms with van der Waals surface area (Å²) in [6.45, 7) is 1.05. The van der Waals surface area contributed by atoms with Gasteiger partial charge >= 0.3 is 18.2 Å². The van der Waals surface area contributed by atoms with E-state index in [1.807, 2.05) is 0 Å². The number of carboxylic acids is 1. The second-order valence-electron chi connectivity index (χ2n) is 8.17. The Bertz CT molecular complexity index is 980. The predicted octanol–water partition coefficient (Wildman–Crippen LogP) is 4.05. The van der Waals surface area contributed by atoms with Crippen LogP contribution in [0.15, 0.2) is 48.5 Å². The van der Waals surface area contributed by atoms with Gasteiger partial charge in [-0.15, -0.1) is 0 Å². The lowest BCUT2D eigenvalue weighted by molar-refractivity contribution is -0.148. The maximum absolute atomic E-state index is 12.7. The SMILES string of the molecule is COC(Cc1ccc(OCCC2CN(Cc3ccc(C(F)(F)F)cc3)C(=O)N2C)cc1)C(=O)O. The first-order valence-corrected chi connectivity index (χ1v) is 10.7. The number of hydrogen-bond acceptors (Lipinski definition) is 4. The molecule has 0 spiro atoms. The maximum atomic E-state index is 12.7. The topological polar surface area (TPSA) is 79.3 Å². The van der Waals surface area contributed by atoms with E-state index in [0.717, 1.165) is 17.7 Å². The van der Waals surface area contributed by atoms with Gasteiger partial charge in [0, 0.05) is 40.1 Å². The minimum atomic E-state index is -4.39. The van der Waals surface area contributed by atoms with Crippen molar-refractivity contribution in [2.45, 2.75) is 37.7 Å². The maximum Gasteiger partial charge on any atom is 0.416 e. The van der Waals surface area contributed by atoms with Gasteiger partial charge in [0.25, 0.3) is 0 Å². The Hall–Kier alpha value is -3.27. The molecule has 34 heavy (non-hydrogen) atoms. The van der Waals surface area contributed by atoms with E-state index in [0.29, 0.717) is 30.9 Å². The highest BCUT2D eigenvalue weighted by Gasteiger charge is 2.34. The number of urea groups is 1. The number of halogens is 3. The molecule has 1 aliphatic rings. The van der Waals surface area contributed by atoms with Crippen LogP contribution in [0.2, 0.25) is 0 Å². The van der Waals surface area contributed by atoms with Crippen molar-refractivity contribution in [2.75, 3.05) is 27.3 Å². The summed E-state index contributed by atoms with van der Waals surface area (Å²) >= 11 is 0. The van der Waals surface area contributed by atoms with Crippen molar-refractivity contribution in [2.24, 2.45) is 0 Å². The molecule has 0 bridgehead atoms. The van der Waals surface area contributed by atoms with Gasteiger partial charge in [0.2, 0.25) is 0 Å². The molecule has 184 valence electrons. The van der Waals surface area contributed by atoms with Gasteiger partial charge in [0.15, 0.2) is 6.10 Å². The van der Waals surface area contributed by atoms with Crippen molar-refractivity contribution in [1.29, 1.82) is 0 Å². The number of rotatable bonds is 10. The summed E-state index contributed by atoms with van der Waals surface area (Å²) in [6.07, 6.45) is -4.47. The fourth-order valence-corrected chi connectivity index (χ4v) is 3.79. The number of alkyl halides is 3. The molecular weight excluding hydrogens is 453 g/mol. The summed E-state index contributed by atoms with van der Waals surface area (Å²) < 4.78 is 48.9. The Labute approximate surface area is 195 Å². The molecule has 3 rings (SSSR count). The van der Waals surface area contributed by atoms with Gasteiger partial charge in [-0.2, -0.15) is 13.2 Å². The Morgan fingerprint density at radius 3 is 2.29 bits per heavy atom. The summed E-state index contributed by atoms with van der Waals surface area (Å²) in [5.74, 6) is -0.396. The largest absolute Gasteiger partial charge is 0.494 e. The van der Waals surface area contributed by atoms with E-state index in [4.69, 9.17) is 14.6 Å². The quantitative estimate of drug-likeness (QED) is 0.555. The smallest absolute Gasteiger partial charge is 0.416 e. The van der Waals surface area contributed by atoms with Crippen molar-refractivity contribution in [1.82, 2.24) is 9.80 Å². The third-order valence-electron chi connectivity index (χ3n) is 5.83. The second-order valence-corrected chi connectivity index (χ2v) is 8.17. The van der Waals surface area contributed by atoms with Crippen LogP contribution in [0, 0.1) is 0 Å². The molecule has 2 unspecified atom stereocenters. The normalized spacial score (nSPS) is 17.2. The molecule has 1 N–H and O–H groups in total. The summed E-state index contributed by atoms with van der Waals surface area (Å²) in [5, 5.41) is 9.07. The monoisotopic (exact) mass is 480 g/mol. The molecule has 2 aromatic rings. The Morgan fingerprint density at radius 2 is 1.74 bits per heavy atom. The van der Waals surface area contributed by atoms with E-state index in [1.54, 1.807) is 41.1 Å². The Morgan fingerprint density at radius 1 is 1.12 bits per heavy atom. The minimum absolute atomic E-state index is 0.0840. The van der Waals surface area contributed by atoms with Crippen LogP contribution in [0.1, 0.15) is 23.1 Å². The number of carboxylic acid groups (broad SMARTS) is 1. The number of carbonyl (C=O) groups excluding carboxylic acids is 1. The van der Waals surface area contributed by atoms with Gasteiger partial charge < -0.3 is 24.4 Å². The Balaban J connectivity index is 1.48. The van der Waals surface area contributed by atoms with E-state index in [-0.39, 0.29) is 25.0 Å².